The van der Waals surface area contributed by atoms with E-state index in [1.165, 1.54) is 10.9 Å². The molecule has 1 aromatic carbocycles. The number of carbonyl (C=O) groups excluding carboxylic acids is 1. The molecule has 0 fully saturated rings. The van der Waals surface area contributed by atoms with Gasteiger partial charge < -0.3 is 4.79 Å². The minimum absolute atomic E-state index is 0.594. The van der Waals surface area contributed by atoms with Gasteiger partial charge in [-0.15, -0.1) is 0 Å². The van der Waals surface area contributed by atoms with E-state index in [1.807, 2.05) is 24.4 Å². The summed E-state index contributed by atoms with van der Waals surface area (Å²) in [5, 5.41) is 2.32. The average Bonchev–Trinajstić information content (AvgIpc) is 2.26. The van der Waals surface area contributed by atoms with E-state index in [2.05, 4.69) is 11.1 Å². The lowest BCUT2D eigenvalue weighted by molar-refractivity contribution is -0.107. The Morgan fingerprint density at radius 3 is 3.00 bits per heavy atom. The van der Waals surface area contributed by atoms with Crippen LogP contribution in [0.5, 0.6) is 0 Å². The summed E-state index contributed by atoms with van der Waals surface area (Å²) in [5.41, 5.74) is 1.20. The maximum absolute atomic E-state index is 10.2. The van der Waals surface area contributed by atoms with Crippen LogP contribution in [-0.2, 0) is 11.2 Å². The molecule has 0 aliphatic carbocycles. The Labute approximate surface area is 82.6 Å². The van der Waals surface area contributed by atoms with Crippen molar-refractivity contribution in [1.29, 1.82) is 0 Å². The Morgan fingerprint density at radius 1 is 1.21 bits per heavy atom. The second-order valence-corrected chi connectivity index (χ2v) is 3.26. The molecule has 14 heavy (non-hydrogen) atoms. The maximum Gasteiger partial charge on any atom is 0.120 e. The van der Waals surface area contributed by atoms with E-state index in [0.717, 1.165) is 18.1 Å². The molecule has 70 valence electrons. The molecule has 0 bridgehead atoms. The van der Waals surface area contributed by atoms with Gasteiger partial charge in [0.25, 0.3) is 0 Å². The minimum Gasteiger partial charge on any atom is -0.303 e. The molecule has 2 heteroatoms. The Balaban J connectivity index is 2.36. The van der Waals surface area contributed by atoms with Gasteiger partial charge in [0.05, 0.1) is 0 Å². The maximum atomic E-state index is 10.2. The first-order chi connectivity index (χ1) is 6.90. The highest BCUT2D eigenvalue weighted by Crippen LogP contribution is 2.15. The van der Waals surface area contributed by atoms with Crippen molar-refractivity contribution in [1.82, 2.24) is 4.98 Å². The third-order valence-electron chi connectivity index (χ3n) is 2.26. The molecule has 0 aliphatic rings. The van der Waals surface area contributed by atoms with Crippen LogP contribution in [0.25, 0.3) is 10.8 Å². The van der Waals surface area contributed by atoms with Gasteiger partial charge in [0.15, 0.2) is 0 Å². The van der Waals surface area contributed by atoms with Gasteiger partial charge in [-0.2, -0.15) is 0 Å². The van der Waals surface area contributed by atoms with Crippen molar-refractivity contribution in [3.63, 3.8) is 0 Å². The lowest BCUT2D eigenvalue weighted by atomic mass is 10.1. The number of benzene rings is 1. The van der Waals surface area contributed by atoms with Crippen molar-refractivity contribution in [2.24, 2.45) is 0 Å². The molecule has 1 heterocycles. The molecule has 1 aromatic heterocycles. The van der Waals surface area contributed by atoms with E-state index in [4.69, 9.17) is 0 Å². The summed E-state index contributed by atoms with van der Waals surface area (Å²) >= 11 is 0. The van der Waals surface area contributed by atoms with Crippen molar-refractivity contribution in [2.75, 3.05) is 0 Å². The summed E-state index contributed by atoms with van der Waals surface area (Å²) < 4.78 is 0. The molecule has 2 aromatic rings. The second kappa shape index (κ2) is 4.01. The molecule has 0 saturated heterocycles. The number of rotatable bonds is 3. The highest BCUT2D eigenvalue weighted by Gasteiger charge is 1.95. The fourth-order valence-corrected chi connectivity index (χ4v) is 1.51. The molecule has 2 nitrogen and oxygen atoms in total. The van der Waals surface area contributed by atoms with Crippen molar-refractivity contribution >= 4 is 17.1 Å². The van der Waals surface area contributed by atoms with Gasteiger partial charge in [-0.05, 0) is 23.4 Å². The molecule has 0 spiro atoms. The molecule has 0 aliphatic heterocycles. The van der Waals surface area contributed by atoms with Crippen LogP contribution < -0.4 is 0 Å². The zero-order valence-electron chi connectivity index (χ0n) is 7.81. The lowest BCUT2D eigenvalue weighted by Crippen LogP contribution is -1.86. The van der Waals surface area contributed by atoms with Crippen LogP contribution in [0.1, 0.15) is 12.0 Å². The summed E-state index contributed by atoms with van der Waals surface area (Å²) in [5.74, 6) is 0. The molecule has 0 unspecified atom stereocenters. The summed E-state index contributed by atoms with van der Waals surface area (Å²) in [4.78, 5) is 14.3. The minimum atomic E-state index is 0.594. The molecule has 0 saturated carbocycles. The van der Waals surface area contributed by atoms with E-state index in [1.54, 1.807) is 6.20 Å². The third kappa shape index (κ3) is 1.79. The highest BCUT2D eigenvalue weighted by molar-refractivity contribution is 5.82. The summed E-state index contributed by atoms with van der Waals surface area (Å²) in [6, 6.07) is 8.19. The van der Waals surface area contributed by atoms with Crippen LogP contribution in [0.15, 0.2) is 36.7 Å². The summed E-state index contributed by atoms with van der Waals surface area (Å²) in [7, 11) is 0. The number of aromatic nitrogens is 1. The monoisotopic (exact) mass is 185 g/mol. The normalized spacial score (nSPS) is 10.3. The number of hydrogen-bond donors (Lipinski definition) is 0. The predicted molar refractivity (Wildman–Crippen MR) is 56.1 cm³/mol. The van der Waals surface area contributed by atoms with Crippen LogP contribution in [0, 0.1) is 0 Å². The Hall–Kier alpha value is -1.70. The Morgan fingerprint density at radius 2 is 2.14 bits per heavy atom. The predicted octanol–water partition coefficient (Wildman–Crippen LogP) is 2.37. The number of fused-ring (bicyclic) bond motifs is 1. The fraction of sp³-hybridized carbons (Fsp3) is 0.167. The number of aldehydes is 1. The highest BCUT2D eigenvalue weighted by atomic mass is 16.1. The number of nitrogens with zero attached hydrogens (tertiary/aromatic N) is 1. The topological polar surface area (TPSA) is 30.0 Å². The van der Waals surface area contributed by atoms with Gasteiger partial charge in [0.2, 0.25) is 0 Å². The van der Waals surface area contributed by atoms with Crippen molar-refractivity contribution < 1.29 is 4.79 Å². The first-order valence-electron chi connectivity index (χ1n) is 4.66. The SMILES string of the molecule is O=CCCc1ccc2cnccc2c1. The van der Waals surface area contributed by atoms with Crippen LogP contribution in [0.2, 0.25) is 0 Å². The van der Waals surface area contributed by atoms with Gasteiger partial charge in [-0.1, -0.05) is 18.2 Å². The van der Waals surface area contributed by atoms with Gasteiger partial charge in [0, 0.05) is 24.2 Å². The molecule has 2 rings (SSSR count). The van der Waals surface area contributed by atoms with Crippen LogP contribution in [0.3, 0.4) is 0 Å². The first-order valence-corrected chi connectivity index (χ1v) is 4.66. The fourth-order valence-electron chi connectivity index (χ4n) is 1.51. The molecular formula is C12H11NO. The lowest BCUT2D eigenvalue weighted by Gasteiger charge is -2.00. The first kappa shape index (κ1) is 8.88. The molecule has 0 amide bonds. The number of aryl methyl sites for hydroxylation is 1. The van der Waals surface area contributed by atoms with Gasteiger partial charge in [-0.25, -0.2) is 0 Å². The average molecular weight is 185 g/mol. The molecule has 0 N–H and O–H groups in total. The van der Waals surface area contributed by atoms with Gasteiger partial charge in [0.1, 0.15) is 6.29 Å². The van der Waals surface area contributed by atoms with Gasteiger partial charge in [-0.3, -0.25) is 4.98 Å². The molecular weight excluding hydrogens is 174 g/mol. The van der Waals surface area contributed by atoms with E-state index in [-0.39, 0.29) is 0 Å². The molecule has 0 atom stereocenters. The van der Waals surface area contributed by atoms with E-state index >= 15 is 0 Å². The zero-order chi connectivity index (χ0) is 9.80. The number of pyridine rings is 1. The Bertz CT molecular complexity index is 451. The zero-order valence-corrected chi connectivity index (χ0v) is 7.81. The van der Waals surface area contributed by atoms with Crippen molar-refractivity contribution in [3.05, 3.63) is 42.2 Å². The quantitative estimate of drug-likeness (QED) is 0.687. The summed E-state index contributed by atoms with van der Waals surface area (Å²) in [6.07, 6.45) is 6.00. The van der Waals surface area contributed by atoms with Crippen LogP contribution in [0.4, 0.5) is 0 Å². The smallest absolute Gasteiger partial charge is 0.120 e. The Kier molecular flexibility index (Phi) is 2.54. The largest absolute Gasteiger partial charge is 0.303 e. The summed E-state index contributed by atoms with van der Waals surface area (Å²) in [6.45, 7) is 0. The van der Waals surface area contributed by atoms with Crippen LogP contribution >= 0.6 is 0 Å². The molecule has 0 radical (unpaired) electrons. The third-order valence-corrected chi connectivity index (χ3v) is 2.26. The van der Waals surface area contributed by atoms with E-state index < -0.39 is 0 Å². The van der Waals surface area contributed by atoms with Crippen molar-refractivity contribution in [2.45, 2.75) is 12.8 Å². The van der Waals surface area contributed by atoms with Gasteiger partial charge >= 0.3 is 0 Å². The van der Waals surface area contributed by atoms with E-state index in [9.17, 15) is 4.79 Å². The second-order valence-electron chi connectivity index (χ2n) is 3.26. The standard InChI is InChI=1S/C12H11NO/c14-7-1-2-10-3-4-12-9-13-6-5-11(12)8-10/h3-9H,1-2H2. The van der Waals surface area contributed by atoms with Crippen molar-refractivity contribution in [3.8, 4) is 0 Å². The van der Waals surface area contributed by atoms with E-state index in [0.29, 0.717) is 6.42 Å². The number of hydrogen-bond acceptors (Lipinski definition) is 2. The number of carbonyl (C=O) groups is 1. The van der Waals surface area contributed by atoms with Crippen LogP contribution in [-0.4, -0.2) is 11.3 Å².